The highest BCUT2D eigenvalue weighted by Crippen LogP contribution is 2.56. The van der Waals surface area contributed by atoms with Crippen molar-refractivity contribution in [3.63, 3.8) is 0 Å². The number of H-pyrrole nitrogens is 2. The molecule has 0 aliphatic carbocycles. The molecule has 0 radical (unpaired) electrons. The van der Waals surface area contributed by atoms with Crippen LogP contribution in [0.15, 0.2) is 146 Å². The maximum atomic E-state index is 12.3. The zero-order chi connectivity index (χ0) is 49.2. The van der Waals surface area contributed by atoms with Crippen LogP contribution >= 0.6 is 11.3 Å². The van der Waals surface area contributed by atoms with Gasteiger partial charge in [-0.15, -0.1) is 11.3 Å². The van der Waals surface area contributed by atoms with E-state index >= 15 is 0 Å². The third-order valence-electron chi connectivity index (χ3n) is 13.0. The van der Waals surface area contributed by atoms with Crippen LogP contribution in [0.1, 0.15) is 105 Å². The molecule has 0 saturated heterocycles. The summed E-state index contributed by atoms with van der Waals surface area (Å²) < 4.78 is 0. The van der Waals surface area contributed by atoms with E-state index in [0.29, 0.717) is 23.1 Å². The second-order valence-electron chi connectivity index (χ2n) is 22.4. The number of phenols is 2. The molecule has 9 aromatic rings. The Morgan fingerprint density at radius 3 is 0.884 bits per heavy atom. The molecule has 4 N–H and O–H groups in total. The molecule has 7 heteroatoms. The third kappa shape index (κ3) is 9.08. The lowest BCUT2D eigenvalue weighted by atomic mass is 9.76. The van der Waals surface area contributed by atoms with Gasteiger partial charge in [0.25, 0.3) is 0 Å². The van der Waals surface area contributed by atoms with Crippen LogP contribution in [-0.2, 0) is 21.7 Å². The van der Waals surface area contributed by atoms with Crippen LogP contribution in [-0.4, -0.2) is 30.1 Å². The van der Waals surface area contributed by atoms with Gasteiger partial charge in [-0.05, 0) is 57.1 Å². The molecule has 0 fully saturated rings. The van der Waals surface area contributed by atoms with E-state index in [1.807, 2.05) is 24.3 Å². The first-order valence-corrected chi connectivity index (χ1v) is 24.8. The molecule has 0 amide bonds. The summed E-state index contributed by atoms with van der Waals surface area (Å²) in [6.45, 7) is 25.9. The first kappa shape index (κ1) is 47.1. The van der Waals surface area contributed by atoms with Gasteiger partial charge in [0.15, 0.2) is 0 Å². The van der Waals surface area contributed by atoms with E-state index < -0.39 is 21.7 Å². The van der Waals surface area contributed by atoms with Gasteiger partial charge in [0.2, 0.25) is 0 Å². The van der Waals surface area contributed by atoms with E-state index in [4.69, 9.17) is 9.97 Å². The summed E-state index contributed by atoms with van der Waals surface area (Å²) in [7, 11) is 0. The summed E-state index contributed by atoms with van der Waals surface area (Å²) in [5.74, 6) is 2.06. The molecule has 0 atom stereocenters. The number of hydrogen-bond acceptors (Lipinski definition) is 5. The molecule has 0 aliphatic heterocycles. The zero-order valence-corrected chi connectivity index (χ0v) is 42.9. The Morgan fingerprint density at radius 1 is 0.362 bits per heavy atom. The van der Waals surface area contributed by atoms with Crippen molar-refractivity contribution in [1.29, 1.82) is 0 Å². The number of phenolic OH excluding ortho intramolecular Hbond substituents is 2. The highest BCUT2D eigenvalue weighted by molar-refractivity contribution is 7.20. The SMILES string of the molecule is CC(C)(C)c1cc(-c2c(-c3nc(-c4ccccc4)c(-c4ccccc4)[nH]3)sc(-c3nc(-c4ccccc4)c(-c4ccccc4)[nH]3)c2-c2cc(C(C)(C)C)c(O)c(C(C)(C)C)c2)cc(C(C)(C)C)c1O. The number of benzene rings is 6. The Kier molecular flexibility index (Phi) is 12.0. The van der Waals surface area contributed by atoms with Crippen LogP contribution in [0.25, 0.3) is 88.7 Å². The normalized spacial score (nSPS) is 12.5. The van der Waals surface area contributed by atoms with Gasteiger partial charge in [-0.25, -0.2) is 9.97 Å². The average Bonchev–Trinajstić information content (AvgIpc) is 4.05. The van der Waals surface area contributed by atoms with Crippen molar-refractivity contribution in [3.05, 3.63) is 168 Å². The number of aromatic hydroxyl groups is 2. The number of imidazole rings is 2. The minimum Gasteiger partial charge on any atom is -0.507 e. The Hall–Kier alpha value is -6.96. The van der Waals surface area contributed by atoms with Gasteiger partial charge in [0.1, 0.15) is 23.1 Å². The van der Waals surface area contributed by atoms with Crippen molar-refractivity contribution in [2.45, 2.75) is 105 Å². The van der Waals surface area contributed by atoms with Crippen molar-refractivity contribution in [1.82, 2.24) is 19.9 Å². The highest BCUT2D eigenvalue weighted by atomic mass is 32.1. The van der Waals surface area contributed by atoms with Crippen LogP contribution in [0, 0.1) is 0 Å². The lowest BCUT2D eigenvalue weighted by Gasteiger charge is -2.29. The van der Waals surface area contributed by atoms with Gasteiger partial charge < -0.3 is 20.2 Å². The van der Waals surface area contributed by atoms with E-state index in [1.165, 1.54) is 0 Å². The van der Waals surface area contributed by atoms with Gasteiger partial charge in [-0.2, -0.15) is 0 Å². The summed E-state index contributed by atoms with van der Waals surface area (Å²) >= 11 is 1.66. The van der Waals surface area contributed by atoms with Gasteiger partial charge in [-0.3, -0.25) is 0 Å². The van der Waals surface area contributed by atoms with Crippen molar-refractivity contribution in [2.24, 2.45) is 0 Å². The molecule has 69 heavy (non-hydrogen) atoms. The molecule has 0 saturated carbocycles. The average molecular weight is 929 g/mol. The molecule has 6 aromatic carbocycles. The van der Waals surface area contributed by atoms with E-state index in [0.717, 1.165) is 99.3 Å². The van der Waals surface area contributed by atoms with Gasteiger partial charge >= 0.3 is 0 Å². The molecule has 0 bridgehead atoms. The molecule has 0 unspecified atom stereocenters. The van der Waals surface area contributed by atoms with Crippen LogP contribution < -0.4 is 0 Å². The second-order valence-corrected chi connectivity index (χ2v) is 23.5. The molecule has 0 spiro atoms. The number of thiophene rings is 1. The third-order valence-corrected chi connectivity index (χ3v) is 14.2. The monoisotopic (exact) mass is 928 g/mol. The first-order chi connectivity index (χ1) is 32.6. The molecule has 3 heterocycles. The standard InChI is InChI=1S/C62H64N4O2S/c1-59(2,3)43-33-41(34-44(53(43)67)60(4,5)6)47-48(42-35-45(61(7,8)9)54(68)46(36-42)62(10,11)12)56(58-65-51(39-29-21-15-22-30-39)52(66-58)40-31-23-16-24-32-40)69-55(47)57-63-49(37-25-17-13-18-26-37)50(64-57)38-27-19-14-20-28-38/h13-36,67-68H,1-12H3,(H,63,64)(H,65,66). The van der Waals surface area contributed by atoms with Crippen LogP contribution in [0.5, 0.6) is 11.5 Å². The van der Waals surface area contributed by atoms with E-state index in [2.05, 4.69) is 214 Å². The fraction of sp³-hybridized carbons (Fsp3) is 0.258. The largest absolute Gasteiger partial charge is 0.507 e. The van der Waals surface area contributed by atoms with Crippen molar-refractivity contribution in [3.8, 4) is 100 Å². The van der Waals surface area contributed by atoms with E-state index in [-0.39, 0.29) is 0 Å². The smallest absolute Gasteiger partial charge is 0.149 e. The summed E-state index contributed by atoms with van der Waals surface area (Å²) in [5, 5.41) is 24.5. The molecule has 3 aromatic heterocycles. The predicted octanol–water partition coefficient (Wildman–Crippen LogP) is 17.1. The molecular weight excluding hydrogens is 865 g/mol. The van der Waals surface area contributed by atoms with Crippen molar-refractivity contribution in [2.75, 3.05) is 0 Å². The number of hydrogen-bond donors (Lipinski definition) is 4. The molecule has 6 nitrogen and oxygen atoms in total. The summed E-state index contributed by atoms with van der Waals surface area (Å²) in [6.07, 6.45) is 0. The number of aromatic nitrogens is 4. The predicted molar refractivity (Wildman–Crippen MR) is 290 cm³/mol. The number of rotatable bonds is 8. The minimum atomic E-state index is -0.404. The van der Waals surface area contributed by atoms with Gasteiger partial charge in [-0.1, -0.05) is 204 Å². The topological polar surface area (TPSA) is 97.8 Å². The Morgan fingerprint density at radius 2 is 0.623 bits per heavy atom. The minimum absolute atomic E-state index is 0.314. The Bertz CT molecular complexity index is 2890. The number of nitrogens with zero attached hydrogens (tertiary/aromatic N) is 2. The molecule has 350 valence electrons. The van der Waals surface area contributed by atoms with Crippen LogP contribution in [0.3, 0.4) is 0 Å². The number of nitrogens with one attached hydrogen (secondary N) is 2. The quantitative estimate of drug-likeness (QED) is 0.122. The van der Waals surface area contributed by atoms with E-state index in [1.54, 1.807) is 11.3 Å². The lowest BCUT2D eigenvalue weighted by molar-refractivity contribution is 0.422. The maximum Gasteiger partial charge on any atom is 0.149 e. The summed E-state index contributed by atoms with van der Waals surface area (Å²) in [5.41, 5.74) is 13.2. The van der Waals surface area contributed by atoms with Crippen LogP contribution in [0.2, 0.25) is 0 Å². The Balaban J connectivity index is 1.50. The van der Waals surface area contributed by atoms with E-state index in [9.17, 15) is 10.2 Å². The van der Waals surface area contributed by atoms with Crippen LogP contribution in [0.4, 0.5) is 0 Å². The lowest BCUT2D eigenvalue weighted by Crippen LogP contribution is -2.18. The van der Waals surface area contributed by atoms with Gasteiger partial charge in [0.05, 0.1) is 32.5 Å². The highest BCUT2D eigenvalue weighted by Gasteiger charge is 2.35. The molecule has 0 aliphatic rings. The van der Waals surface area contributed by atoms with Crippen molar-refractivity contribution < 1.29 is 10.2 Å². The summed E-state index contributed by atoms with van der Waals surface area (Å²) in [4.78, 5) is 20.8. The fourth-order valence-corrected chi connectivity index (χ4v) is 10.6. The van der Waals surface area contributed by atoms with Gasteiger partial charge in [0, 0.05) is 55.6 Å². The molecular formula is C62H64N4O2S. The summed E-state index contributed by atoms with van der Waals surface area (Å²) in [6, 6.07) is 50.3. The maximum absolute atomic E-state index is 12.3. The van der Waals surface area contributed by atoms with Crippen molar-refractivity contribution >= 4 is 11.3 Å². The second kappa shape index (κ2) is 17.5. The zero-order valence-electron chi connectivity index (χ0n) is 42.1. The first-order valence-electron chi connectivity index (χ1n) is 24.0. The Labute approximate surface area is 412 Å². The molecule has 9 rings (SSSR count). The number of aromatic amines is 2. The fourth-order valence-electron chi connectivity index (χ4n) is 9.36.